The molecule has 0 aliphatic carbocycles. The lowest BCUT2D eigenvalue weighted by molar-refractivity contribution is 0.0733. The van der Waals surface area contributed by atoms with Crippen LogP contribution in [0.2, 0.25) is 0 Å². The molecule has 1 unspecified atom stereocenters. The topological polar surface area (TPSA) is 21.3 Å². The molecule has 0 spiro atoms. The fraction of sp³-hybridized carbons (Fsp3) is 0.600. The summed E-state index contributed by atoms with van der Waals surface area (Å²) < 4.78 is 5.65. The van der Waals surface area contributed by atoms with Crippen LogP contribution in [0.4, 0.5) is 0 Å². The zero-order valence-corrected chi connectivity index (χ0v) is 11.5. The molecule has 0 saturated heterocycles. The van der Waals surface area contributed by atoms with Crippen LogP contribution in [0.1, 0.15) is 37.3 Å². The molecule has 0 bridgehead atoms. The van der Waals surface area contributed by atoms with Crippen LogP contribution in [0.15, 0.2) is 24.3 Å². The van der Waals surface area contributed by atoms with Gasteiger partial charge in [0.1, 0.15) is 0 Å². The average Bonchev–Trinajstić information content (AvgIpc) is 2.28. The Kier molecular flexibility index (Phi) is 6.23. The molecule has 0 aliphatic heterocycles. The number of rotatable bonds is 7. The molecule has 1 atom stereocenters. The third-order valence-electron chi connectivity index (χ3n) is 3.00. The van der Waals surface area contributed by atoms with Gasteiger partial charge in [0.25, 0.3) is 0 Å². The van der Waals surface area contributed by atoms with Crippen molar-refractivity contribution in [3.8, 4) is 0 Å². The first kappa shape index (κ1) is 14.2. The van der Waals surface area contributed by atoms with Gasteiger partial charge < -0.3 is 10.1 Å². The highest BCUT2D eigenvalue weighted by Crippen LogP contribution is 2.22. The first-order valence-electron chi connectivity index (χ1n) is 6.47. The van der Waals surface area contributed by atoms with E-state index < -0.39 is 0 Å². The Balaban J connectivity index is 2.62. The minimum absolute atomic E-state index is 0.321. The molecule has 0 fully saturated rings. The van der Waals surface area contributed by atoms with Crippen molar-refractivity contribution in [2.75, 3.05) is 20.2 Å². The summed E-state index contributed by atoms with van der Waals surface area (Å²) in [5, 5.41) is 3.28. The molecule has 17 heavy (non-hydrogen) atoms. The fourth-order valence-electron chi connectivity index (χ4n) is 2.10. The van der Waals surface area contributed by atoms with Gasteiger partial charge in [-0.25, -0.2) is 0 Å². The summed E-state index contributed by atoms with van der Waals surface area (Å²) in [5.74, 6) is 0.542. The van der Waals surface area contributed by atoms with E-state index in [4.69, 9.17) is 4.74 Å². The standard InChI is InChI=1S/C15H25NO/c1-12(2)17-10-9-14(11-16-4)15-8-6-5-7-13(15)3/h5-8,12,14,16H,9-11H2,1-4H3. The quantitative estimate of drug-likeness (QED) is 0.784. The molecule has 2 nitrogen and oxygen atoms in total. The summed E-state index contributed by atoms with van der Waals surface area (Å²) in [6, 6.07) is 8.63. The molecule has 0 saturated carbocycles. The van der Waals surface area contributed by atoms with Gasteiger partial charge in [0.15, 0.2) is 0 Å². The first-order valence-corrected chi connectivity index (χ1v) is 6.47. The normalized spacial score (nSPS) is 13.0. The van der Waals surface area contributed by atoms with E-state index in [2.05, 4.69) is 50.4 Å². The number of hydrogen-bond donors (Lipinski definition) is 1. The highest BCUT2D eigenvalue weighted by atomic mass is 16.5. The van der Waals surface area contributed by atoms with Gasteiger partial charge in [0.2, 0.25) is 0 Å². The Morgan fingerprint density at radius 1 is 1.24 bits per heavy atom. The average molecular weight is 235 g/mol. The summed E-state index contributed by atoms with van der Waals surface area (Å²) in [6.45, 7) is 8.19. The van der Waals surface area contributed by atoms with Crippen LogP contribution in [0.3, 0.4) is 0 Å². The maximum absolute atomic E-state index is 5.65. The number of hydrogen-bond acceptors (Lipinski definition) is 2. The molecule has 1 rings (SSSR count). The van der Waals surface area contributed by atoms with Crippen LogP contribution in [0.25, 0.3) is 0 Å². The van der Waals surface area contributed by atoms with E-state index in [9.17, 15) is 0 Å². The van der Waals surface area contributed by atoms with Crippen molar-refractivity contribution in [3.05, 3.63) is 35.4 Å². The monoisotopic (exact) mass is 235 g/mol. The highest BCUT2D eigenvalue weighted by molar-refractivity contribution is 5.29. The van der Waals surface area contributed by atoms with Crippen molar-refractivity contribution >= 4 is 0 Å². The van der Waals surface area contributed by atoms with E-state index in [0.29, 0.717) is 12.0 Å². The molecule has 0 aromatic heterocycles. The molecule has 96 valence electrons. The Labute approximate surface area is 105 Å². The van der Waals surface area contributed by atoms with Crippen molar-refractivity contribution in [1.29, 1.82) is 0 Å². The summed E-state index contributed by atoms with van der Waals surface area (Å²) in [5.41, 5.74) is 2.81. The van der Waals surface area contributed by atoms with E-state index in [1.54, 1.807) is 0 Å². The zero-order valence-electron chi connectivity index (χ0n) is 11.5. The predicted molar refractivity (Wildman–Crippen MR) is 73.6 cm³/mol. The second-order valence-corrected chi connectivity index (χ2v) is 4.82. The van der Waals surface area contributed by atoms with E-state index in [0.717, 1.165) is 19.6 Å². The van der Waals surface area contributed by atoms with Crippen LogP contribution < -0.4 is 5.32 Å². The Morgan fingerprint density at radius 2 is 1.94 bits per heavy atom. The number of nitrogens with one attached hydrogen (secondary N) is 1. The van der Waals surface area contributed by atoms with Crippen LogP contribution >= 0.6 is 0 Å². The largest absolute Gasteiger partial charge is 0.379 e. The fourth-order valence-corrected chi connectivity index (χ4v) is 2.10. The van der Waals surface area contributed by atoms with Gasteiger partial charge in [-0.1, -0.05) is 24.3 Å². The van der Waals surface area contributed by atoms with Gasteiger partial charge in [-0.05, 0) is 51.3 Å². The van der Waals surface area contributed by atoms with Crippen molar-refractivity contribution in [2.24, 2.45) is 0 Å². The molecule has 2 heteroatoms. The Morgan fingerprint density at radius 3 is 2.53 bits per heavy atom. The maximum Gasteiger partial charge on any atom is 0.0518 e. The van der Waals surface area contributed by atoms with Crippen molar-refractivity contribution < 1.29 is 4.74 Å². The lowest BCUT2D eigenvalue weighted by atomic mass is 9.92. The number of aryl methyl sites for hydroxylation is 1. The van der Waals surface area contributed by atoms with Gasteiger partial charge in [-0.2, -0.15) is 0 Å². The van der Waals surface area contributed by atoms with Crippen LogP contribution in [-0.2, 0) is 4.74 Å². The number of likely N-dealkylation sites (N-methyl/N-ethyl adjacent to an activating group) is 1. The molecular weight excluding hydrogens is 210 g/mol. The maximum atomic E-state index is 5.65. The van der Waals surface area contributed by atoms with Crippen molar-refractivity contribution in [2.45, 2.75) is 39.2 Å². The first-order chi connectivity index (χ1) is 8.15. The predicted octanol–water partition coefficient (Wildman–Crippen LogP) is 3.11. The molecule has 1 aromatic rings. The minimum Gasteiger partial charge on any atom is -0.379 e. The van der Waals surface area contributed by atoms with E-state index >= 15 is 0 Å². The summed E-state index contributed by atoms with van der Waals surface area (Å²) in [4.78, 5) is 0. The highest BCUT2D eigenvalue weighted by Gasteiger charge is 2.12. The molecule has 1 N–H and O–H groups in total. The van der Waals surface area contributed by atoms with Gasteiger partial charge in [-0.3, -0.25) is 0 Å². The van der Waals surface area contributed by atoms with Gasteiger partial charge >= 0.3 is 0 Å². The summed E-state index contributed by atoms with van der Waals surface area (Å²) >= 11 is 0. The molecule has 0 aliphatic rings. The summed E-state index contributed by atoms with van der Waals surface area (Å²) in [7, 11) is 2.01. The second kappa shape index (κ2) is 7.46. The van der Waals surface area contributed by atoms with E-state index in [1.165, 1.54) is 11.1 Å². The summed E-state index contributed by atoms with van der Waals surface area (Å²) in [6.07, 6.45) is 1.39. The zero-order chi connectivity index (χ0) is 12.7. The minimum atomic E-state index is 0.321. The number of benzene rings is 1. The Hall–Kier alpha value is -0.860. The lowest BCUT2D eigenvalue weighted by Gasteiger charge is -2.19. The molecule has 0 amide bonds. The van der Waals surface area contributed by atoms with Crippen LogP contribution in [-0.4, -0.2) is 26.3 Å². The van der Waals surface area contributed by atoms with E-state index in [1.807, 2.05) is 7.05 Å². The third-order valence-corrected chi connectivity index (χ3v) is 3.00. The van der Waals surface area contributed by atoms with Crippen molar-refractivity contribution in [3.63, 3.8) is 0 Å². The second-order valence-electron chi connectivity index (χ2n) is 4.82. The number of ether oxygens (including phenoxy) is 1. The smallest absolute Gasteiger partial charge is 0.0518 e. The van der Waals surface area contributed by atoms with E-state index in [-0.39, 0.29) is 0 Å². The lowest BCUT2D eigenvalue weighted by Crippen LogP contribution is -2.20. The molecule has 1 aromatic carbocycles. The molecular formula is C15H25NO. The Bertz CT molecular complexity index is 322. The SMILES string of the molecule is CNCC(CCOC(C)C)c1ccccc1C. The third kappa shape index (κ3) is 4.88. The van der Waals surface area contributed by atoms with Crippen LogP contribution in [0, 0.1) is 6.92 Å². The van der Waals surface area contributed by atoms with Gasteiger partial charge in [0.05, 0.1) is 6.10 Å². The van der Waals surface area contributed by atoms with Crippen molar-refractivity contribution in [1.82, 2.24) is 5.32 Å². The van der Waals surface area contributed by atoms with Crippen LogP contribution in [0.5, 0.6) is 0 Å². The van der Waals surface area contributed by atoms with Gasteiger partial charge in [0, 0.05) is 13.2 Å². The van der Waals surface area contributed by atoms with Gasteiger partial charge in [-0.15, -0.1) is 0 Å². The molecule has 0 radical (unpaired) electrons. The molecule has 0 heterocycles.